The summed E-state index contributed by atoms with van der Waals surface area (Å²) in [6.07, 6.45) is 3.36. The van der Waals surface area contributed by atoms with E-state index < -0.39 is 0 Å². The lowest BCUT2D eigenvalue weighted by Crippen LogP contribution is -2.49. The van der Waals surface area contributed by atoms with E-state index in [1.807, 2.05) is 11.8 Å². The van der Waals surface area contributed by atoms with Crippen molar-refractivity contribution in [3.05, 3.63) is 0 Å². The van der Waals surface area contributed by atoms with Crippen LogP contribution in [0.25, 0.3) is 0 Å². The van der Waals surface area contributed by atoms with Crippen LogP contribution in [0.2, 0.25) is 0 Å². The fourth-order valence-electron chi connectivity index (χ4n) is 2.79. The van der Waals surface area contributed by atoms with Crippen molar-refractivity contribution in [2.45, 2.75) is 32.6 Å². The average molecular weight is 269 g/mol. The van der Waals surface area contributed by atoms with Crippen molar-refractivity contribution in [2.24, 2.45) is 22.2 Å². The molecule has 2 aliphatic rings. The molecule has 2 saturated heterocycles. The van der Waals surface area contributed by atoms with Gasteiger partial charge in [0.05, 0.1) is 12.5 Å². The molecule has 1 atom stereocenters. The summed E-state index contributed by atoms with van der Waals surface area (Å²) >= 11 is 0. The summed E-state index contributed by atoms with van der Waals surface area (Å²) < 4.78 is 5.37. The maximum atomic E-state index is 12.3. The average Bonchev–Trinajstić information content (AvgIpc) is 2.47. The van der Waals surface area contributed by atoms with Crippen LogP contribution in [0.15, 0.2) is 5.16 Å². The van der Waals surface area contributed by atoms with Crippen LogP contribution in [-0.4, -0.2) is 48.2 Å². The molecule has 0 saturated carbocycles. The smallest absolute Gasteiger partial charge is 0.228 e. The van der Waals surface area contributed by atoms with E-state index in [9.17, 15) is 4.79 Å². The molecule has 108 valence electrons. The van der Waals surface area contributed by atoms with Gasteiger partial charge in [0.2, 0.25) is 5.91 Å². The van der Waals surface area contributed by atoms with Crippen LogP contribution in [-0.2, 0) is 9.53 Å². The van der Waals surface area contributed by atoms with Gasteiger partial charge in [0, 0.05) is 25.1 Å². The first-order chi connectivity index (χ1) is 9.07. The van der Waals surface area contributed by atoms with Crippen LogP contribution in [0, 0.1) is 11.3 Å². The van der Waals surface area contributed by atoms with E-state index in [4.69, 9.17) is 15.7 Å². The standard InChI is InChI=1S/C13H23N3O3/c1-13(12(14)15-18)4-6-16(7-5-13)11(17)10-3-2-8-19-9-10/h10,18H,2-9H2,1H3,(H2,14,15). The van der Waals surface area contributed by atoms with E-state index >= 15 is 0 Å². The number of ether oxygens (including phenoxy) is 1. The van der Waals surface area contributed by atoms with E-state index in [0.29, 0.717) is 19.7 Å². The molecule has 2 fully saturated rings. The summed E-state index contributed by atoms with van der Waals surface area (Å²) in [5, 5.41) is 11.9. The van der Waals surface area contributed by atoms with Gasteiger partial charge in [0.1, 0.15) is 5.84 Å². The minimum Gasteiger partial charge on any atom is -0.409 e. The Labute approximate surface area is 113 Å². The predicted octanol–water partition coefficient (Wildman–Crippen LogP) is 0.788. The molecule has 0 radical (unpaired) electrons. The zero-order valence-corrected chi connectivity index (χ0v) is 11.5. The summed E-state index contributed by atoms with van der Waals surface area (Å²) in [5.74, 6) is 0.476. The Morgan fingerprint density at radius 2 is 2.16 bits per heavy atom. The number of oxime groups is 1. The van der Waals surface area contributed by atoms with Gasteiger partial charge in [-0.3, -0.25) is 4.79 Å². The number of hydrogen-bond acceptors (Lipinski definition) is 4. The summed E-state index contributed by atoms with van der Waals surface area (Å²) in [4.78, 5) is 14.2. The highest BCUT2D eigenvalue weighted by atomic mass is 16.5. The number of amidine groups is 1. The van der Waals surface area contributed by atoms with Gasteiger partial charge >= 0.3 is 0 Å². The van der Waals surface area contributed by atoms with Gasteiger partial charge in [-0.25, -0.2) is 0 Å². The number of rotatable bonds is 2. The minimum atomic E-state index is -0.297. The molecule has 0 spiro atoms. The van der Waals surface area contributed by atoms with Crippen molar-refractivity contribution < 1.29 is 14.7 Å². The molecule has 6 heteroatoms. The maximum Gasteiger partial charge on any atom is 0.228 e. The van der Waals surface area contributed by atoms with Crippen LogP contribution < -0.4 is 5.73 Å². The van der Waals surface area contributed by atoms with Gasteiger partial charge in [-0.15, -0.1) is 0 Å². The number of nitrogens with two attached hydrogens (primary N) is 1. The molecular formula is C13H23N3O3. The first kappa shape index (κ1) is 14.1. The van der Waals surface area contributed by atoms with E-state index in [2.05, 4.69) is 5.16 Å². The fourth-order valence-corrected chi connectivity index (χ4v) is 2.79. The number of amides is 1. The van der Waals surface area contributed by atoms with Gasteiger partial charge in [-0.2, -0.15) is 0 Å². The highest BCUT2D eigenvalue weighted by Crippen LogP contribution is 2.32. The molecule has 0 aromatic rings. The zero-order valence-electron chi connectivity index (χ0n) is 11.5. The molecule has 6 nitrogen and oxygen atoms in total. The summed E-state index contributed by atoms with van der Waals surface area (Å²) in [6, 6.07) is 0. The Hall–Kier alpha value is -1.30. The lowest BCUT2D eigenvalue weighted by atomic mass is 9.79. The van der Waals surface area contributed by atoms with Crippen molar-refractivity contribution in [1.82, 2.24) is 4.90 Å². The molecule has 2 aliphatic heterocycles. The fraction of sp³-hybridized carbons (Fsp3) is 0.846. The minimum absolute atomic E-state index is 0.0157. The third-order valence-corrected chi connectivity index (χ3v) is 4.41. The van der Waals surface area contributed by atoms with Crippen molar-refractivity contribution in [3.63, 3.8) is 0 Å². The van der Waals surface area contributed by atoms with E-state index in [-0.39, 0.29) is 23.1 Å². The number of piperidine rings is 1. The van der Waals surface area contributed by atoms with Crippen molar-refractivity contribution in [3.8, 4) is 0 Å². The molecular weight excluding hydrogens is 246 g/mol. The van der Waals surface area contributed by atoms with Gasteiger partial charge in [-0.05, 0) is 25.7 Å². The van der Waals surface area contributed by atoms with Crippen molar-refractivity contribution in [1.29, 1.82) is 0 Å². The number of likely N-dealkylation sites (tertiary alicyclic amines) is 1. The second-order valence-corrected chi connectivity index (χ2v) is 5.79. The molecule has 1 unspecified atom stereocenters. The highest BCUT2D eigenvalue weighted by molar-refractivity contribution is 5.86. The van der Waals surface area contributed by atoms with Gasteiger partial charge in [0.15, 0.2) is 0 Å². The number of hydrogen-bond donors (Lipinski definition) is 2. The normalized spacial score (nSPS) is 28.2. The largest absolute Gasteiger partial charge is 0.409 e. The zero-order chi connectivity index (χ0) is 13.9. The summed E-state index contributed by atoms with van der Waals surface area (Å²) in [5.41, 5.74) is 5.43. The third-order valence-electron chi connectivity index (χ3n) is 4.41. The van der Waals surface area contributed by atoms with Crippen LogP contribution in [0.3, 0.4) is 0 Å². The van der Waals surface area contributed by atoms with Crippen LogP contribution in [0.4, 0.5) is 0 Å². The monoisotopic (exact) mass is 269 g/mol. The molecule has 0 aliphatic carbocycles. The molecule has 0 aromatic heterocycles. The summed E-state index contributed by atoms with van der Waals surface area (Å²) in [6.45, 7) is 4.63. The Morgan fingerprint density at radius 1 is 1.47 bits per heavy atom. The highest BCUT2D eigenvalue weighted by Gasteiger charge is 2.37. The topological polar surface area (TPSA) is 88.2 Å². The number of carbonyl (C=O) groups is 1. The van der Waals surface area contributed by atoms with Crippen LogP contribution in [0.1, 0.15) is 32.6 Å². The molecule has 3 N–H and O–H groups in total. The SMILES string of the molecule is CC1(C(N)=NO)CCN(C(=O)C2CCCOC2)CC1. The Bertz CT molecular complexity index is 356. The van der Waals surface area contributed by atoms with E-state index in [1.165, 1.54) is 0 Å². The molecule has 1 amide bonds. The third kappa shape index (κ3) is 3.00. The van der Waals surface area contributed by atoms with Gasteiger partial charge in [0.25, 0.3) is 0 Å². The second-order valence-electron chi connectivity index (χ2n) is 5.79. The molecule has 0 bridgehead atoms. The molecule has 19 heavy (non-hydrogen) atoms. The quantitative estimate of drug-likeness (QED) is 0.336. The molecule has 0 aromatic carbocycles. The van der Waals surface area contributed by atoms with Crippen LogP contribution >= 0.6 is 0 Å². The van der Waals surface area contributed by atoms with Gasteiger partial charge in [-0.1, -0.05) is 12.1 Å². The maximum absolute atomic E-state index is 12.3. The Morgan fingerprint density at radius 3 is 2.68 bits per heavy atom. The Balaban J connectivity index is 1.90. The molecule has 2 rings (SSSR count). The lowest BCUT2D eigenvalue weighted by Gasteiger charge is -2.40. The number of nitrogens with zero attached hydrogens (tertiary/aromatic N) is 2. The molecule has 2 heterocycles. The summed E-state index contributed by atoms with van der Waals surface area (Å²) in [7, 11) is 0. The van der Waals surface area contributed by atoms with E-state index in [1.54, 1.807) is 0 Å². The van der Waals surface area contributed by atoms with E-state index in [0.717, 1.165) is 32.3 Å². The Kier molecular flexibility index (Phi) is 4.29. The van der Waals surface area contributed by atoms with Crippen molar-refractivity contribution in [2.75, 3.05) is 26.3 Å². The first-order valence-electron chi connectivity index (χ1n) is 6.91. The van der Waals surface area contributed by atoms with Crippen molar-refractivity contribution >= 4 is 11.7 Å². The van der Waals surface area contributed by atoms with Crippen LogP contribution in [0.5, 0.6) is 0 Å². The predicted molar refractivity (Wildman–Crippen MR) is 70.9 cm³/mol. The number of carbonyl (C=O) groups excluding carboxylic acids is 1. The lowest BCUT2D eigenvalue weighted by molar-refractivity contribution is -0.141. The first-order valence-corrected chi connectivity index (χ1v) is 6.91. The second kappa shape index (κ2) is 5.77. The van der Waals surface area contributed by atoms with Gasteiger partial charge < -0.3 is 20.6 Å².